The lowest BCUT2D eigenvalue weighted by Gasteiger charge is -2.05. The van der Waals surface area contributed by atoms with E-state index in [0.29, 0.717) is 6.54 Å². The predicted molar refractivity (Wildman–Crippen MR) is 52.8 cm³/mol. The van der Waals surface area contributed by atoms with Crippen molar-refractivity contribution in [2.45, 2.75) is 13.0 Å². The molecule has 0 aromatic rings. The van der Waals surface area contributed by atoms with Gasteiger partial charge in [0.2, 0.25) is 17.7 Å². The molecule has 1 rings (SSSR count). The summed E-state index contributed by atoms with van der Waals surface area (Å²) in [6, 6.07) is 1.59. The van der Waals surface area contributed by atoms with Crippen molar-refractivity contribution in [2.75, 3.05) is 19.6 Å². The zero-order chi connectivity index (χ0) is 12.1. The number of nitriles is 1. The van der Waals surface area contributed by atoms with Gasteiger partial charge >= 0.3 is 0 Å². The largest absolute Gasteiger partial charge is 0.347 e. The monoisotopic (exact) mass is 224 g/mol. The van der Waals surface area contributed by atoms with Crippen LogP contribution in [0.2, 0.25) is 0 Å². The first-order chi connectivity index (χ1) is 7.54. The molecule has 1 aliphatic heterocycles. The number of carbonyl (C=O) groups is 3. The lowest BCUT2D eigenvalue weighted by Crippen LogP contribution is -2.39. The van der Waals surface area contributed by atoms with Crippen LogP contribution >= 0.6 is 0 Å². The van der Waals surface area contributed by atoms with Crippen molar-refractivity contribution in [2.24, 2.45) is 0 Å². The van der Waals surface area contributed by atoms with Crippen molar-refractivity contribution in [3.8, 4) is 6.07 Å². The molecule has 1 fully saturated rings. The lowest BCUT2D eigenvalue weighted by atomic mass is 10.5. The molecule has 7 heteroatoms. The number of hydrogen-bond donors (Lipinski definition) is 2. The highest BCUT2D eigenvalue weighted by Gasteiger charge is 2.38. The third kappa shape index (κ3) is 3.57. The summed E-state index contributed by atoms with van der Waals surface area (Å²) in [5.74, 6) is -1.03. The maximum Gasteiger partial charge on any atom is 0.243 e. The van der Waals surface area contributed by atoms with Gasteiger partial charge in [-0.15, -0.1) is 0 Å². The van der Waals surface area contributed by atoms with Crippen LogP contribution in [0.15, 0.2) is 0 Å². The summed E-state index contributed by atoms with van der Waals surface area (Å²) in [6.07, 6.45) is 0. The van der Waals surface area contributed by atoms with E-state index in [1.165, 1.54) is 11.8 Å². The molecule has 0 aromatic heterocycles. The minimum atomic E-state index is -0.432. The van der Waals surface area contributed by atoms with Gasteiger partial charge in [0.25, 0.3) is 0 Å². The first-order valence-electron chi connectivity index (χ1n) is 4.75. The minimum absolute atomic E-state index is 0.142. The molecule has 0 radical (unpaired) electrons. The fourth-order valence-corrected chi connectivity index (χ4v) is 1.07. The molecule has 3 amide bonds. The van der Waals surface area contributed by atoms with Crippen LogP contribution in [0, 0.1) is 11.3 Å². The second-order valence-corrected chi connectivity index (χ2v) is 3.38. The molecule has 0 aliphatic carbocycles. The predicted octanol–water partition coefficient (Wildman–Crippen LogP) is -2.03. The fraction of sp³-hybridized carbons (Fsp3) is 0.556. The summed E-state index contributed by atoms with van der Waals surface area (Å²) in [7, 11) is 0. The van der Waals surface area contributed by atoms with Crippen LogP contribution in [0.25, 0.3) is 0 Å². The third-order valence-corrected chi connectivity index (χ3v) is 2.02. The Labute approximate surface area is 92.4 Å². The van der Waals surface area contributed by atoms with Crippen molar-refractivity contribution in [1.82, 2.24) is 15.5 Å². The molecule has 0 bridgehead atoms. The lowest BCUT2D eigenvalue weighted by molar-refractivity contribution is -0.129. The van der Waals surface area contributed by atoms with Gasteiger partial charge < -0.3 is 15.5 Å². The Kier molecular flexibility index (Phi) is 3.83. The van der Waals surface area contributed by atoms with Crippen LogP contribution < -0.4 is 10.6 Å². The van der Waals surface area contributed by atoms with Crippen LogP contribution in [0.1, 0.15) is 6.92 Å². The smallest absolute Gasteiger partial charge is 0.243 e. The summed E-state index contributed by atoms with van der Waals surface area (Å²) in [5, 5.41) is 13.1. The highest BCUT2D eigenvalue weighted by atomic mass is 16.2. The highest BCUT2D eigenvalue weighted by molar-refractivity contribution is 5.88. The average molecular weight is 224 g/mol. The Bertz CT molecular complexity index is 360. The van der Waals surface area contributed by atoms with E-state index in [-0.39, 0.29) is 30.9 Å². The van der Waals surface area contributed by atoms with Crippen LogP contribution in [-0.4, -0.2) is 48.3 Å². The van der Waals surface area contributed by atoms with Crippen LogP contribution in [0.5, 0.6) is 0 Å². The molecule has 1 unspecified atom stereocenters. The maximum absolute atomic E-state index is 11.3. The normalized spacial score (nSPS) is 17.2. The number of nitrogens with zero attached hydrogens (tertiary/aromatic N) is 2. The van der Waals surface area contributed by atoms with Crippen LogP contribution in [0.4, 0.5) is 0 Å². The molecule has 1 aliphatic rings. The molecule has 0 saturated carbocycles. The Hall–Kier alpha value is -2.10. The molecule has 0 aromatic carbocycles. The maximum atomic E-state index is 11.3. The van der Waals surface area contributed by atoms with Gasteiger partial charge in [-0.05, 0) is 0 Å². The molecule has 1 saturated heterocycles. The molecular weight excluding hydrogens is 212 g/mol. The van der Waals surface area contributed by atoms with Gasteiger partial charge in [-0.2, -0.15) is 5.26 Å². The SMILES string of the molecule is CC(=O)NCC(=O)NCC(=O)N1CC1C#N. The van der Waals surface area contributed by atoms with Gasteiger partial charge in [0.15, 0.2) is 0 Å². The number of hydrogen-bond acceptors (Lipinski definition) is 4. The van der Waals surface area contributed by atoms with Crippen molar-refractivity contribution < 1.29 is 14.4 Å². The summed E-state index contributed by atoms with van der Waals surface area (Å²) in [4.78, 5) is 34.2. The molecule has 86 valence electrons. The van der Waals surface area contributed by atoms with Crippen molar-refractivity contribution in [1.29, 1.82) is 5.26 Å². The van der Waals surface area contributed by atoms with Crippen LogP contribution in [-0.2, 0) is 14.4 Å². The molecule has 1 heterocycles. The van der Waals surface area contributed by atoms with E-state index in [0.717, 1.165) is 0 Å². The zero-order valence-electron chi connectivity index (χ0n) is 8.82. The van der Waals surface area contributed by atoms with Gasteiger partial charge in [0.05, 0.1) is 25.7 Å². The number of rotatable bonds is 4. The van der Waals surface area contributed by atoms with Gasteiger partial charge in [-0.25, -0.2) is 0 Å². The second-order valence-electron chi connectivity index (χ2n) is 3.38. The van der Waals surface area contributed by atoms with Crippen LogP contribution in [0.3, 0.4) is 0 Å². The van der Waals surface area contributed by atoms with E-state index >= 15 is 0 Å². The quantitative estimate of drug-likeness (QED) is 0.538. The van der Waals surface area contributed by atoms with Gasteiger partial charge in [0.1, 0.15) is 6.04 Å². The topological polar surface area (TPSA) is 102 Å². The summed E-state index contributed by atoms with van der Waals surface area (Å²) in [5.41, 5.74) is 0. The first-order valence-corrected chi connectivity index (χ1v) is 4.75. The van der Waals surface area contributed by atoms with Gasteiger partial charge in [-0.1, -0.05) is 0 Å². The van der Waals surface area contributed by atoms with E-state index in [4.69, 9.17) is 5.26 Å². The first kappa shape index (κ1) is 12.0. The van der Waals surface area contributed by atoms with E-state index in [1.54, 1.807) is 0 Å². The zero-order valence-corrected chi connectivity index (χ0v) is 8.82. The average Bonchev–Trinajstić information content (AvgIpc) is 3.02. The van der Waals surface area contributed by atoms with E-state index in [1.807, 2.05) is 6.07 Å². The van der Waals surface area contributed by atoms with Crippen molar-refractivity contribution >= 4 is 17.7 Å². The Morgan fingerprint density at radius 2 is 2.06 bits per heavy atom. The van der Waals surface area contributed by atoms with E-state index in [2.05, 4.69) is 10.6 Å². The van der Waals surface area contributed by atoms with Gasteiger partial charge in [-0.3, -0.25) is 14.4 Å². The Balaban J connectivity index is 2.15. The van der Waals surface area contributed by atoms with Crippen molar-refractivity contribution in [3.63, 3.8) is 0 Å². The third-order valence-electron chi connectivity index (χ3n) is 2.02. The number of amides is 3. The molecule has 0 spiro atoms. The summed E-state index contributed by atoms with van der Waals surface area (Å²) >= 11 is 0. The summed E-state index contributed by atoms with van der Waals surface area (Å²) in [6.45, 7) is 1.43. The molecule has 1 atom stereocenters. The highest BCUT2D eigenvalue weighted by Crippen LogP contribution is 2.15. The Morgan fingerprint density at radius 3 is 2.56 bits per heavy atom. The fourth-order valence-electron chi connectivity index (χ4n) is 1.07. The molecular formula is C9H12N4O3. The van der Waals surface area contributed by atoms with E-state index < -0.39 is 5.91 Å². The number of nitrogens with one attached hydrogen (secondary N) is 2. The molecule has 2 N–H and O–H groups in total. The van der Waals surface area contributed by atoms with Crippen molar-refractivity contribution in [3.05, 3.63) is 0 Å². The second kappa shape index (κ2) is 5.11. The number of carbonyl (C=O) groups excluding carboxylic acids is 3. The minimum Gasteiger partial charge on any atom is -0.347 e. The standard InChI is InChI=1S/C9H12N4O3/c1-6(14)11-3-8(15)12-4-9(16)13-5-7(13)2-10/h7H,3-5H2,1H3,(H,11,14)(H,12,15). The molecule has 16 heavy (non-hydrogen) atoms. The van der Waals surface area contributed by atoms with E-state index in [9.17, 15) is 14.4 Å². The summed E-state index contributed by atoms with van der Waals surface area (Å²) < 4.78 is 0. The molecule has 7 nitrogen and oxygen atoms in total. The Morgan fingerprint density at radius 1 is 1.38 bits per heavy atom. The van der Waals surface area contributed by atoms with Gasteiger partial charge in [0, 0.05) is 6.92 Å².